The summed E-state index contributed by atoms with van der Waals surface area (Å²) in [5.74, 6) is -1.34. The minimum absolute atomic E-state index is 0.00701. The van der Waals surface area contributed by atoms with Crippen LogP contribution in [-0.4, -0.2) is 0 Å². The van der Waals surface area contributed by atoms with Crippen LogP contribution in [0.25, 0.3) is 0 Å². The molecule has 0 saturated heterocycles. The fourth-order valence-corrected chi connectivity index (χ4v) is 2.66. The van der Waals surface area contributed by atoms with Crippen LogP contribution in [0.4, 0.5) is 4.39 Å². The van der Waals surface area contributed by atoms with Crippen LogP contribution in [0.2, 0.25) is 0 Å². The minimum Gasteiger partial charge on any atom is -0.207 e. The van der Waals surface area contributed by atoms with E-state index in [2.05, 4.69) is 0 Å². The summed E-state index contributed by atoms with van der Waals surface area (Å²) >= 11 is 0. The Bertz CT molecular complexity index is 739. The number of benzene rings is 1. The number of hydrogen-bond acceptors (Lipinski definition) is 4. The normalized spacial score (nSPS) is 21.3. The first kappa shape index (κ1) is 14.3. The van der Waals surface area contributed by atoms with Crippen molar-refractivity contribution in [3.63, 3.8) is 0 Å². The zero-order valence-electron chi connectivity index (χ0n) is 10.9. The van der Waals surface area contributed by atoms with Crippen molar-refractivity contribution in [2.45, 2.75) is 12.3 Å². The van der Waals surface area contributed by atoms with E-state index in [0.29, 0.717) is 5.56 Å². The van der Waals surface area contributed by atoms with E-state index in [1.54, 1.807) is 18.2 Å². The Kier molecular flexibility index (Phi) is 3.45. The van der Waals surface area contributed by atoms with E-state index in [1.807, 2.05) is 24.3 Å². The maximum atomic E-state index is 13.4. The number of allylic oxidation sites excluding steroid dienone is 2. The van der Waals surface area contributed by atoms with Crippen molar-refractivity contribution in [3.05, 3.63) is 47.8 Å². The molecule has 0 aromatic heterocycles. The Morgan fingerprint density at radius 1 is 1.05 bits per heavy atom. The standard InChI is InChI=1S/C16H9FN4/c17-13-4-1-3-12(7-13)14-5-2-6-15(8-18,9-19)16(14,10-20)11-21/h1-5,7,14H,6H2. The number of rotatable bonds is 1. The maximum Gasteiger partial charge on any atom is 0.185 e. The first-order chi connectivity index (χ1) is 10.1. The fourth-order valence-electron chi connectivity index (χ4n) is 2.66. The molecule has 1 unspecified atom stereocenters. The molecule has 21 heavy (non-hydrogen) atoms. The highest BCUT2D eigenvalue weighted by molar-refractivity contribution is 5.46. The molecule has 0 fully saturated rings. The van der Waals surface area contributed by atoms with Gasteiger partial charge in [0.1, 0.15) is 5.82 Å². The van der Waals surface area contributed by atoms with Crippen molar-refractivity contribution in [1.29, 1.82) is 21.0 Å². The largest absolute Gasteiger partial charge is 0.207 e. The predicted octanol–water partition coefficient (Wildman–Crippen LogP) is 2.94. The zero-order chi connectivity index (χ0) is 15.5. The summed E-state index contributed by atoms with van der Waals surface area (Å²) in [6.07, 6.45) is 3.18. The lowest BCUT2D eigenvalue weighted by atomic mass is 9.54. The first-order valence-corrected chi connectivity index (χ1v) is 6.16. The van der Waals surface area contributed by atoms with Gasteiger partial charge in [0.25, 0.3) is 0 Å². The van der Waals surface area contributed by atoms with Gasteiger partial charge in [0.2, 0.25) is 0 Å². The molecule has 1 aromatic rings. The summed E-state index contributed by atoms with van der Waals surface area (Å²) < 4.78 is 13.4. The van der Waals surface area contributed by atoms with E-state index in [1.165, 1.54) is 18.2 Å². The Morgan fingerprint density at radius 2 is 1.71 bits per heavy atom. The van der Waals surface area contributed by atoms with Crippen molar-refractivity contribution in [1.82, 2.24) is 0 Å². The monoisotopic (exact) mass is 276 g/mol. The second kappa shape index (κ2) is 5.09. The van der Waals surface area contributed by atoms with Crippen LogP contribution in [0, 0.1) is 62.0 Å². The third-order valence-electron chi connectivity index (χ3n) is 3.83. The third kappa shape index (κ3) is 1.85. The van der Waals surface area contributed by atoms with Gasteiger partial charge in [-0.05, 0) is 24.1 Å². The van der Waals surface area contributed by atoms with Crippen LogP contribution in [0.5, 0.6) is 0 Å². The van der Waals surface area contributed by atoms with Gasteiger partial charge in [-0.2, -0.15) is 21.0 Å². The lowest BCUT2D eigenvalue weighted by Gasteiger charge is -2.38. The van der Waals surface area contributed by atoms with Crippen molar-refractivity contribution >= 4 is 0 Å². The summed E-state index contributed by atoms with van der Waals surface area (Å²) in [4.78, 5) is 0. The zero-order valence-corrected chi connectivity index (χ0v) is 10.9. The lowest BCUT2D eigenvalue weighted by molar-refractivity contribution is 0.258. The summed E-state index contributed by atoms with van der Waals surface area (Å²) in [6, 6.07) is 12.8. The van der Waals surface area contributed by atoms with Crippen LogP contribution < -0.4 is 0 Å². The molecule has 100 valence electrons. The molecule has 0 amide bonds. The molecule has 1 aliphatic rings. The number of halogens is 1. The number of nitrogens with zero attached hydrogens (tertiary/aromatic N) is 4. The topological polar surface area (TPSA) is 95.2 Å². The first-order valence-electron chi connectivity index (χ1n) is 6.16. The third-order valence-corrected chi connectivity index (χ3v) is 3.83. The Balaban J connectivity index is 2.73. The van der Waals surface area contributed by atoms with Crippen LogP contribution >= 0.6 is 0 Å². The average Bonchev–Trinajstić information content (AvgIpc) is 2.53. The predicted molar refractivity (Wildman–Crippen MR) is 70.2 cm³/mol. The van der Waals surface area contributed by atoms with E-state index in [-0.39, 0.29) is 6.42 Å². The quantitative estimate of drug-likeness (QED) is 0.736. The molecule has 1 atom stereocenters. The highest BCUT2D eigenvalue weighted by atomic mass is 19.1. The molecule has 0 bridgehead atoms. The van der Waals surface area contributed by atoms with Crippen molar-refractivity contribution < 1.29 is 4.39 Å². The number of nitriles is 4. The summed E-state index contributed by atoms with van der Waals surface area (Å²) in [5.41, 5.74) is -3.26. The van der Waals surface area contributed by atoms with Gasteiger partial charge in [0.05, 0.1) is 24.3 Å². The summed E-state index contributed by atoms with van der Waals surface area (Å²) in [7, 11) is 0. The van der Waals surface area contributed by atoms with Gasteiger partial charge in [-0.1, -0.05) is 24.3 Å². The van der Waals surface area contributed by atoms with Crippen LogP contribution in [0.3, 0.4) is 0 Å². The molecule has 0 aliphatic heterocycles. The number of hydrogen-bond donors (Lipinski definition) is 0. The van der Waals surface area contributed by atoms with Gasteiger partial charge in [0, 0.05) is 5.92 Å². The Hall–Kier alpha value is -3.15. The Labute approximate surface area is 121 Å². The SMILES string of the molecule is N#CC1(C#N)CC=CC(c2cccc(F)c2)C1(C#N)C#N. The highest BCUT2D eigenvalue weighted by Crippen LogP contribution is 2.54. The summed E-state index contributed by atoms with van der Waals surface area (Å²) in [5, 5.41) is 37.8. The fraction of sp³-hybridized carbons (Fsp3) is 0.250. The molecule has 0 saturated carbocycles. The van der Waals surface area contributed by atoms with Crippen LogP contribution in [-0.2, 0) is 0 Å². The second-order valence-electron chi connectivity index (χ2n) is 4.83. The second-order valence-corrected chi connectivity index (χ2v) is 4.83. The molecule has 4 nitrogen and oxygen atoms in total. The molecule has 1 aromatic carbocycles. The molecule has 1 aliphatic carbocycles. The van der Waals surface area contributed by atoms with Gasteiger partial charge in [0.15, 0.2) is 10.8 Å². The van der Waals surface area contributed by atoms with Crippen LogP contribution in [0.15, 0.2) is 36.4 Å². The molecule has 0 radical (unpaired) electrons. The Morgan fingerprint density at radius 3 is 2.24 bits per heavy atom. The molecular formula is C16H9FN4. The minimum atomic E-state index is -1.88. The van der Waals surface area contributed by atoms with E-state index in [4.69, 9.17) is 0 Å². The molecular weight excluding hydrogens is 267 g/mol. The van der Waals surface area contributed by atoms with Gasteiger partial charge >= 0.3 is 0 Å². The van der Waals surface area contributed by atoms with Crippen molar-refractivity contribution in [2.75, 3.05) is 0 Å². The average molecular weight is 276 g/mol. The molecule has 0 N–H and O–H groups in total. The van der Waals surface area contributed by atoms with Crippen molar-refractivity contribution in [3.8, 4) is 24.3 Å². The van der Waals surface area contributed by atoms with Gasteiger partial charge in [-0.3, -0.25) is 0 Å². The smallest absolute Gasteiger partial charge is 0.185 e. The molecule has 0 heterocycles. The van der Waals surface area contributed by atoms with Gasteiger partial charge in [-0.25, -0.2) is 4.39 Å². The van der Waals surface area contributed by atoms with Crippen LogP contribution in [0.1, 0.15) is 17.9 Å². The highest BCUT2D eigenvalue weighted by Gasteiger charge is 2.60. The van der Waals surface area contributed by atoms with E-state index < -0.39 is 22.6 Å². The van der Waals surface area contributed by atoms with E-state index in [0.717, 1.165) is 0 Å². The van der Waals surface area contributed by atoms with Gasteiger partial charge in [-0.15, -0.1) is 0 Å². The molecule has 0 spiro atoms. The summed E-state index contributed by atoms with van der Waals surface area (Å²) in [6.45, 7) is 0. The maximum absolute atomic E-state index is 13.4. The molecule has 5 heteroatoms. The van der Waals surface area contributed by atoms with Crippen molar-refractivity contribution in [2.24, 2.45) is 10.8 Å². The van der Waals surface area contributed by atoms with E-state index >= 15 is 0 Å². The van der Waals surface area contributed by atoms with Gasteiger partial charge < -0.3 is 0 Å². The lowest BCUT2D eigenvalue weighted by Crippen LogP contribution is -2.44. The van der Waals surface area contributed by atoms with E-state index in [9.17, 15) is 25.4 Å². The molecule has 2 rings (SSSR count).